The van der Waals surface area contributed by atoms with Crippen LogP contribution in [0.15, 0.2) is 47.7 Å². The Kier molecular flexibility index (Phi) is 9.06. The number of unbranched alkanes of at least 4 members (excludes halogenated alkanes) is 1. The Bertz CT molecular complexity index is 1380. The summed E-state index contributed by atoms with van der Waals surface area (Å²) in [6.45, 7) is 1.34. The molecule has 4 rings (SSSR count). The second-order valence-corrected chi connectivity index (χ2v) is 10.1. The third-order valence-electron chi connectivity index (χ3n) is 6.52. The maximum absolute atomic E-state index is 13.4. The smallest absolute Gasteiger partial charge is 0.326 e. The third kappa shape index (κ3) is 6.26. The van der Waals surface area contributed by atoms with Gasteiger partial charge in [0.05, 0.1) is 21.7 Å². The average molecular weight is 592 g/mol. The summed E-state index contributed by atoms with van der Waals surface area (Å²) in [6.07, 6.45) is 0.818. The molecule has 212 valence electrons. The number of carbonyl (C=O) groups is 4. The zero-order valence-corrected chi connectivity index (χ0v) is 22.9. The number of carboxylic acid groups (broad SMARTS) is 1. The van der Waals surface area contributed by atoms with Crippen LogP contribution in [0.4, 0.5) is 0 Å². The zero-order chi connectivity index (χ0) is 29.0. The van der Waals surface area contributed by atoms with Crippen LogP contribution in [0.2, 0.25) is 10.0 Å². The minimum absolute atomic E-state index is 0.0404. The summed E-state index contributed by atoms with van der Waals surface area (Å²) in [6, 6.07) is 7.88. The van der Waals surface area contributed by atoms with Crippen LogP contribution < -0.4 is 20.1 Å². The van der Waals surface area contributed by atoms with E-state index >= 15 is 0 Å². The molecule has 2 aromatic carbocycles. The molecule has 2 aromatic rings. The quantitative estimate of drug-likeness (QED) is 0.289. The van der Waals surface area contributed by atoms with Crippen LogP contribution in [0, 0.1) is 0 Å². The number of aliphatic hydroxyl groups excluding tert-OH is 1. The lowest BCUT2D eigenvalue weighted by Crippen LogP contribution is -2.39. The van der Waals surface area contributed by atoms with Crippen LogP contribution in [0.3, 0.4) is 0 Å². The van der Waals surface area contributed by atoms with Gasteiger partial charge in [0.1, 0.15) is 6.04 Å². The number of nitrogens with one attached hydrogen (secondary N) is 2. The molecular formula is C27H27Cl2N3O8. The highest BCUT2D eigenvalue weighted by atomic mass is 35.5. The van der Waals surface area contributed by atoms with E-state index in [1.165, 1.54) is 11.8 Å². The van der Waals surface area contributed by atoms with Crippen molar-refractivity contribution in [1.29, 1.82) is 0 Å². The average Bonchev–Trinajstić information content (AvgIpc) is 3.49. The predicted molar refractivity (Wildman–Crippen MR) is 144 cm³/mol. The molecule has 40 heavy (non-hydrogen) atoms. The Balaban J connectivity index is 1.56. The van der Waals surface area contributed by atoms with E-state index in [1.54, 1.807) is 36.4 Å². The molecule has 0 saturated heterocycles. The monoisotopic (exact) mass is 591 g/mol. The number of ether oxygens (including phenoxy) is 2. The molecule has 0 bridgehead atoms. The summed E-state index contributed by atoms with van der Waals surface area (Å²) in [4.78, 5) is 50.7. The molecular weight excluding hydrogens is 565 g/mol. The van der Waals surface area contributed by atoms with Gasteiger partial charge in [-0.05, 0) is 43.0 Å². The number of halogens is 2. The van der Waals surface area contributed by atoms with E-state index in [9.17, 15) is 29.4 Å². The molecule has 0 spiro atoms. The van der Waals surface area contributed by atoms with Gasteiger partial charge in [-0.25, -0.2) is 4.79 Å². The number of carboxylic acids is 1. The summed E-state index contributed by atoms with van der Waals surface area (Å²) in [5.41, 5.74) is 0.953. The van der Waals surface area contributed by atoms with Crippen molar-refractivity contribution in [3.05, 3.63) is 68.9 Å². The molecule has 2 heterocycles. The highest BCUT2D eigenvalue weighted by Gasteiger charge is 2.45. The van der Waals surface area contributed by atoms with Crippen LogP contribution in [-0.2, 0) is 25.7 Å². The zero-order valence-electron chi connectivity index (χ0n) is 21.4. The maximum atomic E-state index is 13.4. The molecule has 1 unspecified atom stereocenters. The number of para-hydroxylation sites is 1. The summed E-state index contributed by atoms with van der Waals surface area (Å²) in [5.74, 6) is -2.96. The normalized spacial score (nSPS) is 16.7. The van der Waals surface area contributed by atoms with Crippen LogP contribution in [0.5, 0.6) is 11.5 Å². The van der Waals surface area contributed by atoms with Crippen molar-refractivity contribution in [2.24, 2.45) is 0 Å². The first-order valence-corrected chi connectivity index (χ1v) is 13.2. The fourth-order valence-corrected chi connectivity index (χ4v) is 4.99. The number of aliphatic hydroxyl groups is 1. The summed E-state index contributed by atoms with van der Waals surface area (Å²) >= 11 is 12.0. The largest absolute Gasteiger partial charge is 0.503 e. The lowest BCUT2D eigenvalue weighted by molar-refractivity contribution is -0.141. The lowest BCUT2D eigenvalue weighted by atomic mass is 9.97. The van der Waals surface area contributed by atoms with Gasteiger partial charge in [0.15, 0.2) is 17.3 Å². The molecule has 0 aliphatic carbocycles. The second-order valence-electron chi connectivity index (χ2n) is 9.26. The Hall–Kier alpha value is -3.96. The minimum atomic E-state index is -1.16. The number of carbonyl (C=O) groups excluding carboxylic acids is 3. The lowest BCUT2D eigenvalue weighted by Gasteiger charge is -2.27. The number of fused-ring (bicyclic) bond motifs is 1. The van der Waals surface area contributed by atoms with E-state index < -0.39 is 41.5 Å². The van der Waals surface area contributed by atoms with Crippen molar-refractivity contribution in [3.63, 3.8) is 0 Å². The predicted octanol–water partition coefficient (Wildman–Crippen LogP) is 3.49. The molecule has 0 saturated carbocycles. The SMILES string of the molecule is CC(=O)N[C@@H](CCCCN1C(=O)C(O)=C(C(=O)NCc2ccc(Cl)c(Cl)c2)C1c1cccc2c1OCO2)C(=O)O. The maximum Gasteiger partial charge on any atom is 0.326 e. The van der Waals surface area contributed by atoms with E-state index in [0.717, 1.165) is 0 Å². The van der Waals surface area contributed by atoms with Gasteiger partial charge in [0.25, 0.3) is 11.8 Å². The van der Waals surface area contributed by atoms with E-state index in [-0.39, 0.29) is 31.9 Å². The Morgan fingerprint density at radius 1 is 1.12 bits per heavy atom. The van der Waals surface area contributed by atoms with E-state index in [0.29, 0.717) is 45.5 Å². The fourth-order valence-electron chi connectivity index (χ4n) is 4.67. The summed E-state index contributed by atoms with van der Waals surface area (Å²) in [5, 5.41) is 26.0. The van der Waals surface area contributed by atoms with Gasteiger partial charge >= 0.3 is 5.97 Å². The first-order valence-electron chi connectivity index (χ1n) is 12.4. The summed E-state index contributed by atoms with van der Waals surface area (Å²) in [7, 11) is 0. The Morgan fingerprint density at radius 2 is 1.90 bits per heavy atom. The van der Waals surface area contributed by atoms with Crippen molar-refractivity contribution < 1.29 is 38.9 Å². The number of rotatable bonds is 11. The number of amides is 3. The molecule has 4 N–H and O–H groups in total. The van der Waals surface area contributed by atoms with E-state index in [1.807, 2.05) is 0 Å². The second kappa shape index (κ2) is 12.5. The fraction of sp³-hybridized carbons (Fsp3) is 0.333. The van der Waals surface area contributed by atoms with Crippen LogP contribution in [0.1, 0.15) is 43.4 Å². The van der Waals surface area contributed by atoms with Gasteiger partial charge in [0, 0.05) is 25.6 Å². The minimum Gasteiger partial charge on any atom is -0.503 e. The Labute approximate surface area is 239 Å². The van der Waals surface area contributed by atoms with E-state index in [4.69, 9.17) is 32.7 Å². The highest BCUT2D eigenvalue weighted by molar-refractivity contribution is 6.42. The van der Waals surface area contributed by atoms with E-state index in [2.05, 4.69) is 10.6 Å². The molecule has 2 aliphatic rings. The van der Waals surface area contributed by atoms with Crippen molar-refractivity contribution >= 4 is 46.9 Å². The first-order chi connectivity index (χ1) is 19.1. The van der Waals surface area contributed by atoms with Gasteiger partial charge in [-0.1, -0.05) is 41.4 Å². The van der Waals surface area contributed by atoms with Crippen LogP contribution in [-0.4, -0.2) is 58.2 Å². The van der Waals surface area contributed by atoms with Crippen molar-refractivity contribution in [1.82, 2.24) is 15.5 Å². The van der Waals surface area contributed by atoms with Gasteiger partial charge < -0.3 is 35.2 Å². The summed E-state index contributed by atoms with van der Waals surface area (Å²) < 4.78 is 11.1. The standard InChI is InChI=1S/C27H27Cl2N3O8/c1-14(33)31-19(27(37)38)6-2-3-10-32-22(16-5-4-7-20-24(16)40-13-39-20)21(23(34)26(32)36)25(35)30-12-15-8-9-17(28)18(29)11-15/h4-5,7-9,11,19,22,34H,2-3,6,10,12-13H2,1H3,(H,30,35)(H,31,33)(H,37,38)/t19-,22?/m0/s1. The van der Waals surface area contributed by atoms with Gasteiger partial charge in [-0.15, -0.1) is 0 Å². The van der Waals surface area contributed by atoms with Gasteiger partial charge in [0.2, 0.25) is 12.7 Å². The highest BCUT2D eigenvalue weighted by Crippen LogP contribution is 2.46. The van der Waals surface area contributed by atoms with Gasteiger partial charge in [-0.3, -0.25) is 14.4 Å². The molecule has 11 nitrogen and oxygen atoms in total. The Morgan fingerprint density at radius 3 is 2.60 bits per heavy atom. The molecule has 3 amide bonds. The number of hydrogen-bond donors (Lipinski definition) is 4. The van der Waals surface area contributed by atoms with Crippen molar-refractivity contribution in [3.8, 4) is 11.5 Å². The molecule has 2 atom stereocenters. The third-order valence-corrected chi connectivity index (χ3v) is 7.26. The van der Waals surface area contributed by atoms with Crippen LogP contribution >= 0.6 is 23.2 Å². The van der Waals surface area contributed by atoms with Crippen molar-refractivity contribution in [2.45, 2.75) is 44.8 Å². The topological polar surface area (TPSA) is 154 Å². The van der Waals surface area contributed by atoms with Crippen LogP contribution in [0.25, 0.3) is 0 Å². The number of hydrogen-bond acceptors (Lipinski definition) is 7. The molecule has 2 aliphatic heterocycles. The molecule has 13 heteroatoms. The molecule has 0 fully saturated rings. The number of aliphatic carboxylic acids is 1. The first kappa shape index (κ1) is 29.0. The number of nitrogens with zero attached hydrogens (tertiary/aromatic N) is 1. The molecule has 0 radical (unpaired) electrons. The number of benzene rings is 2. The van der Waals surface area contributed by atoms with Crippen molar-refractivity contribution in [2.75, 3.05) is 13.3 Å². The van der Waals surface area contributed by atoms with Gasteiger partial charge in [-0.2, -0.15) is 0 Å². The molecule has 0 aromatic heterocycles.